The summed E-state index contributed by atoms with van der Waals surface area (Å²) in [6, 6.07) is 6.37. The molecule has 0 spiro atoms. The van der Waals surface area contributed by atoms with E-state index in [-0.39, 0.29) is 6.54 Å². The molecule has 0 aliphatic heterocycles. The van der Waals surface area contributed by atoms with Gasteiger partial charge in [-0.2, -0.15) is 0 Å². The third-order valence-electron chi connectivity index (χ3n) is 3.72. The van der Waals surface area contributed by atoms with Gasteiger partial charge in [-0.15, -0.1) is 0 Å². The van der Waals surface area contributed by atoms with Gasteiger partial charge in [0.05, 0.1) is 6.54 Å². The van der Waals surface area contributed by atoms with Crippen molar-refractivity contribution in [1.29, 1.82) is 0 Å². The number of amides is 2. The number of rotatable bonds is 8. The Labute approximate surface area is 154 Å². The molecule has 0 bridgehead atoms. The summed E-state index contributed by atoms with van der Waals surface area (Å²) in [6.07, 6.45) is -0.249. The van der Waals surface area contributed by atoms with E-state index in [2.05, 4.69) is 10.6 Å². The fourth-order valence-electron chi connectivity index (χ4n) is 2.38. The van der Waals surface area contributed by atoms with Crippen LogP contribution >= 0.6 is 0 Å². The first-order chi connectivity index (χ1) is 12.8. The first-order valence-electron chi connectivity index (χ1n) is 8.29. The molecule has 0 aliphatic carbocycles. The number of ether oxygens (including phenoxy) is 1. The minimum Gasteiger partial charge on any atom is -0.481 e. The van der Waals surface area contributed by atoms with Crippen LogP contribution < -0.4 is 21.0 Å². The normalized spacial score (nSPS) is 11.6. The number of hydrogen-bond acceptors (Lipinski definition) is 6. The molecule has 0 fully saturated rings. The Morgan fingerprint density at radius 2 is 1.93 bits per heavy atom. The highest BCUT2D eigenvalue weighted by atomic mass is 16.5. The lowest BCUT2D eigenvalue weighted by molar-refractivity contribution is -0.137. The molecule has 0 radical (unpaired) electrons. The van der Waals surface area contributed by atoms with Gasteiger partial charge in [0.2, 0.25) is 5.91 Å². The van der Waals surface area contributed by atoms with Gasteiger partial charge in [0, 0.05) is 17.5 Å². The molecule has 2 amide bonds. The Hall–Kier alpha value is -3.36. The second kappa shape index (κ2) is 8.84. The molecular weight excluding hydrogens is 356 g/mol. The first-order valence-corrected chi connectivity index (χ1v) is 8.29. The average Bonchev–Trinajstić information content (AvgIpc) is 2.63. The van der Waals surface area contributed by atoms with E-state index in [9.17, 15) is 19.2 Å². The molecule has 9 nitrogen and oxygen atoms in total. The first kappa shape index (κ1) is 20.0. The third-order valence-corrected chi connectivity index (χ3v) is 3.72. The van der Waals surface area contributed by atoms with E-state index in [1.165, 1.54) is 19.1 Å². The Balaban J connectivity index is 1.99. The minimum atomic E-state index is -1.18. The lowest BCUT2D eigenvalue weighted by Gasteiger charge is -2.15. The molecule has 1 atom stereocenters. The number of carboxylic acids is 1. The molecule has 1 unspecified atom stereocenters. The van der Waals surface area contributed by atoms with Crippen LogP contribution in [0.1, 0.15) is 19.4 Å². The van der Waals surface area contributed by atoms with Gasteiger partial charge in [-0.1, -0.05) is 6.92 Å². The Morgan fingerprint density at radius 1 is 1.19 bits per heavy atom. The second-order valence-corrected chi connectivity index (χ2v) is 5.75. The second-order valence-electron chi connectivity index (χ2n) is 5.75. The number of aliphatic carboxylic acids is 1. The molecule has 1 heterocycles. The summed E-state index contributed by atoms with van der Waals surface area (Å²) >= 11 is 0. The lowest BCUT2D eigenvalue weighted by atomic mass is 10.1. The Morgan fingerprint density at radius 3 is 2.59 bits per heavy atom. The zero-order valence-corrected chi connectivity index (χ0v) is 14.9. The molecule has 0 saturated heterocycles. The van der Waals surface area contributed by atoms with Gasteiger partial charge < -0.3 is 24.9 Å². The van der Waals surface area contributed by atoms with Crippen LogP contribution in [0.2, 0.25) is 0 Å². The molecule has 2 aromatic rings. The number of nitrogens with one attached hydrogen (secondary N) is 2. The fourth-order valence-corrected chi connectivity index (χ4v) is 2.38. The van der Waals surface area contributed by atoms with Crippen LogP contribution in [-0.2, 0) is 20.8 Å². The van der Waals surface area contributed by atoms with Crippen molar-refractivity contribution in [3.8, 4) is 5.75 Å². The molecule has 3 N–H and O–H groups in total. The number of carbonyl (C=O) groups excluding carboxylic acids is 2. The van der Waals surface area contributed by atoms with Crippen molar-refractivity contribution < 1.29 is 28.6 Å². The van der Waals surface area contributed by atoms with Crippen molar-refractivity contribution in [2.75, 3.05) is 13.1 Å². The molecule has 27 heavy (non-hydrogen) atoms. The van der Waals surface area contributed by atoms with Gasteiger partial charge in [-0.25, -0.2) is 4.79 Å². The number of carboxylic acid groups (broad SMARTS) is 1. The molecule has 2 rings (SSSR count). The maximum absolute atomic E-state index is 12.0. The summed E-state index contributed by atoms with van der Waals surface area (Å²) in [4.78, 5) is 45.4. The number of hydrogen-bond donors (Lipinski definition) is 3. The van der Waals surface area contributed by atoms with Gasteiger partial charge in [0.25, 0.3) is 5.91 Å². The number of carbonyl (C=O) groups is 3. The Kier molecular flexibility index (Phi) is 6.53. The standard InChI is InChI=1S/C18H20N2O7/c1-3-11-6-17(24)27-14-7-12(4-5-13(11)14)26-10(2)18(25)20-8-15(21)19-9-16(22)23/h4-7,10H,3,8-9H2,1-2H3,(H,19,21)(H,20,25)(H,22,23). The molecule has 1 aromatic heterocycles. The monoisotopic (exact) mass is 376 g/mol. The van der Waals surface area contributed by atoms with Crippen LogP contribution in [0.3, 0.4) is 0 Å². The highest BCUT2D eigenvalue weighted by molar-refractivity contribution is 5.88. The van der Waals surface area contributed by atoms with Crippen molar-refractivity contribution >= 4 is 28.8 Å². The quantitative estimate of drug-likeness (QED) is 0.569. The third kappa shape index (κ3) is 5.56. The summed E-state index contributed by atoms with van der Waals surface area (Å²) < 4.78 is 10.7. The van der Waals surface area contributed by atoms with Crippen molar-refractivity contribution in [3.05, 3.63) is 40.2 Å². The van der Waals surface area contributed by atoms with Crippen molar-refractivity contribution in [1.82, 2.24) is 10.6 Å². The van der Waals surface area contributed by atoms with Crippen LogP contribution in [0, 0.1) is 0 Å². The highest BCUT2D eigenvalue weighted by Crippen LogP contribution is 2.23. The van der Waals surface area contributed by atoms with E-state index in [4.69, 9.17) is 14.3 Å². The predicted molar refractivity (Wildman–Crippen MR) is 95.6 cm³/mol. The molecular formula is C18H20N2O7. The Bertz CT molecular complexity index is 920. The maximum atomic E-state index is 12.0. The van der Waals surface area contributed by atoms with Crippen LogP contribution in [0.5, 0.6) is 5.75 Å². The van der Waals surface area contributed by atoms with E-state index >= 15 is 0 Å². The van der Waals surface area contributed by atoms with Crippen molar-refractivity contribution in [2.24, 2.45) is 0 Å². The lowest BCUT2D eigenvalue weighted by Crippen LogP contribution is -2.43. The molecule has 0 saturated carbocycles. The van der Waals surface area contributed by atoms with Crippen molar-refractivity contribution in [3.63, 3.8) is 0 Å². The minimum absolute atomic E-state index is 0.330. The summed E-state index contributed by atoms with van der Waals surface area (Å²) in [6.45, 7) is 2.53. The van der Waals surface area contributed by atoms with Crippen LogP contribution in [0.4, 0.5) is 0 Å². The fraction of sp³-hybridized carbons (Fsp3) is 0.333. The van der Waals surface area contributed by atoms with E-state index in [1.807, 2.05) is 6.92 Å². The molecule has 144 valence electrons. The molecule has 0 aliphatic rings. The topological polar surface area (TPSA) is 135 Å². The number of benzene rings is 1. The van der Waals surface area contributed by atoms with Gasteiger partial charge in [-0.05, 0) is 31.0 Å². The van der Waals surface area contributed by atoms with Crippen LogP contribution in [0.25, 0.3) is 11.0 Å². The smallest absolute Gasteiger partial charge is 0.336 e. The molecule has 9 heteroatoms. The highest BCUT2D eigenvalue weighted by Gasteiger charge is 2.16. The summed E-state index contributed by atoms with van der Waals surface area (Å²) in [5.41, 5.74) is 0.748. The van der Waals surface area contributed by atoms with Gasteiger partial charge in [-0.3, -0.25) is 14.4 Å². The summed E-state index contributed by atoms with van der Waals surface area (Å²) in [5.74, 6) is -2.03. The number of aryl methyl sites for hydroxylation is 1. The van der Waals surface area contributed by atoms with Gasteiger partial charge in [0.15, 0.2) is 6.10 Å². The van der Waals surface area contributed by atoms with Crippen LogP contribution in [-0.4, -0.2) is 42.1 Å². The molecule has 1 aromatic carbocycles. The summed E-state index contributed by atoms with van der Waals surface area (Å²) in [5, 5.41) is 13.7. The largest absolute Gasteiger partial charge is 0.481 e. The summed E-state index contributed by atoms with van der Waals surface area (Å²) in [7, 11) is 0. The van der Waals surface area contributed by atoms with E-state index in [0.29, 0.717) is 17.8 Å². The van der Waals surface area contributed by atoms with E-state index in [0.717, 1.165) is 10.9 Å². The number of fused-ring (bicyclic) bond motifs is 1. The SMILES string of the molecule is CCc1cc(=O)oc2cc(OC(C)C(=O)NCC(=O)NCC(=O)O)ccc12. The van der Waals surface area contributed by atoms with Gasteiger partial charge >= 0.3 is 11.6 Å². The van der Waals surface area contributed by atoms with E-state index < -0.39 is 36.1 Å². The maximum Gasteiger partial charge on any atom is 0.336 e. The van der Waals surface area contributed by atoms with Crippen molar-refractivity contribution in [2.45, 2.75) is 26.4 Å². The van der Waals surface area contributed by atoms with Crippen LogP contribution in [0.15, 0.2) is 33.5 Å². The predicted octanol–water partition coefficient (Wildman–Crippen LogP) is 0.440. The zero-order chi connectivity index (χ0) is 20.0. The zero-order valence-electron chi connectivity index (χ0n) is 14.9. The van der Waals surface area contributed by atoms with E-state index in [1.54, 1.807) is 12.1 Å². The van der Waals surface area contributed by atoms with Gasteiger partial charge in [0.1, 0.15) is 17.9 Å². The average molecular weight is 376 g/mol.